The number of nitrogens with two attached hydrogens (primary N) is 1. The minimum absolute atomic E-state index is 0.0528. The molecule has 0 radical (unpaired) electrons. The first-order valence-electron chi connectivity index (χ1n) is 15.2. The van der Waals surface area contributed by atoms with Gasteiger partial charge in [0.05, 0.1) is 22.9 Å². The monoisotopic (exact) mass is 637 g/mol. The number of amides is 2. The summed E-state index contributed by atoms with van der Waals surface area (Å²) >= 11 is 4.98. The first-order valence-corrected chi connectivity index (χ1v) is 17.5. The van der Waals surface area contributed by atoms with Gasteiger partial charge in [-0.25, -0.2) is 8.42 Å². The second kappa shape index (κ2) is 14.2. The van der Waals surface area contributed by atoms with Gasteiger partial charge in [0.1, 0.15) is 6.04 Å². The number of thiocarbonyl (C=S) groups is 1. The number of aliphatic hydroxyl groups is 1. The number of fused-ring (bicyclic) bond motifs is 1. The van der Waals surface area contributed by atoms with Gasteiger partial charge in [-0.2, -0.15) is 0 Å². The third-order valence-electron chi connectivity index (χ3n) is 9.01. The van der Waals surface area contributed by atoms with Crippen LogP contribution in [-0.4, -0.2) is 89.2 Å². The molecule has 1 saturated carbocycles. The summed E-state index contributed by atoms with van der Waals surface area (Å²) in [6.07, 6.45) is 5.58. The maximum Gasteiger partial charge on any atom is 0.244 e. The van der Waals surface area contributed by atoms with Crippen LogP contribution in [-0.2, 0) is 25.8 Å². The van der Waals surface area contributed by atoms with E-state index in [1.54, 1.807) is 0 Å². The van der Waals surface area contributed by atoms with E-state index in [1.165, 1.54) is 20.3 Å². The number of benzene rings is 1. The number of carbonyl (C=O) groups is 2. The minimum Gasteiger partial charge on any atom is -0.390 e. The van der Waals surface area contributed by atoms with E-state index in [1.807, 2.05) is 51.1 Å². The molecule has 10 nitrogen and oxygen atoms in total. The number of likely N-dealkylation sites (tertiary alicyclic amines) is 1. The topological polar surface area (TPSA) is 154 Å². The smallest absolute Gasteiger partial charge is 0.244 e. The highest BCUT2D eigenvalue weighted by Crippen LogP contribution is 2.39. The molecule has 0 aromatic heterocycles. The number of hydrogen-bond donors (Lipinski definition) is 5. The Hall–Kier alpha value is -2.28. The summed E-state index contributed by atoms with van der Waals surface area (Å²) in [5.41, 5.74) is 6.20. The van der Waals surface area contributed by atoms with Gasteiger partial charge >= 0.3 is 0 Å². The van der Waals surface area contributed by atoms with Crippen LogP contribution in [0, 0.1) is 11.8 Å². The number of hydrogen-bond acceptors (Lipinski definition) is 7. The lowest BCUT2D eigenvalue weighted by atomic mass is 9.72. The molecule has 0 spiro atoms. The predicted octanol–water partition coefficient (Wildman–Crippen LogP) is 1.90. The Morgan fingerprint density at radius 2 is 1.67 bits per heavy atom. The van der Waals surface area contributed by atoms with Gasteiger partial charge in [-0.3, -0.25) is 14.5 Å². The number of rotatable bonds is 11. The van der Waals surface area contributed by atoms with Crippen molar-refractivity contribution in [1.29, 1.82) is 0 Å². The fourth-order valence-electron chi connectivity index (χ4n) is 6.32. The van der Waals surface area contributed by atoms with Crippen LogP contribution < -0.4 is 21.7 Å². The summed E-state index contributed by atoms with van der Waals surface area (Å²) in [4.78, 5) is 29.3. The average molecular weight is 638 g/mol. The van der Waals surface area contributed by atoms with E-state index in [9.17, 15) is 23.1 Å². The number of aliphatic hydroxyl groups excluding tert-OH is 1. The zero-order chi connectivity index (χ0) is 32.2. The van der Waals surface area contributed by atoms with Gasteiger partial charge in [-0.15, -0.1) is 0 Å². The first-order chi connectivity index (χ1) is 19.9. The fraction of sp³-hybridized carbons (Fsp3) is 0.710. The van der Waals surface area contributed by atoms with Crippen molar-refractivity contribution in [2.24, 2.45) is 17.6 Å². The standard InChI is InChI=1S/C31H51N5O5S2/c1-30(2,3)35-27(38)24-17-21-14-10-11-15-22(21)18-36(24)19-25(37)23(16-20-12-8-7-9-13-20)33-28(39)26(34-29(32)42)31(4,5)43(6,40)41/h7-9,12-13,21-26,37H,10-11,14-19H2,1-6H3,(H,33,39)(H,35,38)(H3,32,34,42)/t21-,22+,23?,24?,25?,26+/m0/s1. The molecule has 2 aliphatic rings. The maximum absolute atomic E-state index is 13.7. The number of β-amino-alcohol motifs (C(OH)–C–C–N with tert-alkyl or cyclic N) is 1. The Labute approximate surface area is 262 Å². The van der Waals surface area contributed by atoms with Crippen LogP contribution >= 0.6 is 12.2 Å². The molecule has 6 atom stereocenters. The number of sulfone groups is 1. The molecule has 43 heavy (non-hydrogen) atoms. The van der Waals surface area contributed by atoms with Crippen LogP contribution in [0.3, 0.4) is 0 Å². The van der Waals surface area contributed by atoms with Crippen molar-refractivity contribution in [3.8, 4) is 0 Å². The molecule has 3 rings (SSSR count). The van der Waals surface area contributed by atoms with Gasteiger partial charge < -0.3 is 26.8 Å². The van der Waals surface area contributed by atoms with E-state index in [2.05, 4.69) is 20.9 Å². The SMILES string of the molecule is CC(C)(C)NC(=O)C1C[C@@H]2CCCC[C@@H]2CN1CC(O)C(Cc1ccccc1)NC(=O)[C@@H](NC(N)=S)C(C)(C)S(C)(=O)=O. The van der Waals surface area contributed by atoms with Crippen LogP contribution in [0.15, 0.2) is 30.3 Å². The highest BCUT2D eigenvalue weighted by Gasteiger charge is 2.45. The van der Waals surface area contributed by atoms with Crippen molar-refractivity contribution >= 4 is 39.0 Å². The van der Waals surface area contributed by atoms with E-state index in [0.29, 0.717) is 24.8 Å². The molecular formula is C31H51N5O5S2. The number of nitrogens with one attached hydrogen (secondary N) is 3. The van der Waals surface area contributed by atoms with E-state index >= 15 is 0 Å². The zero-order valence-electron chi connectivity index (χ0n) is 26.4. The first kappa shape index (κ1) is 35.2. The summed E-state index contributed by atoms with van der Waals surface area (Å²) in [6, 6.07) is 6.99. The molecule has 0 bridgehead atoms. The second-order valence-corrected chi connectivity index (χ2v) is 17.0. The summed E-state index contributed by atoms with van der Waals surface area (Å²) in [7, 11) is -3.73. The van der Waals surface area contributed by atoms with E-state index in [4.69, 9.17) is 18.0 Å². The molecule has 3 unspecified atom stereocenters. The van der Waals surface area contributed by atoms with E-state index < -0.39 is 50.3 Å². The fourth-order valence-corrected chi connectivity index (χ4v) is 7.04. The highest BCUT2D eigenvalue weighted by atomic mass is 32.2. The van der Waals surface area contributed by atoms with Crippen LogP contribution in [0.1, 0.15) is 72.3 Å². The lowest BCUT2D eigenvalue weighted by Crippen LogP contribution is -2.64. The van der Waals surface area contributed by atoms with Gasteiger partial charge in [0.15, 0.2) is 14.9 Å². The van der Waals surface area contributed by atoms with E-state index in [0.717, 1.165) is 37.5 Å². The van der Waals surface area contributed by atoms with Crippen molar-refractivity contribution in [2.75, 3.05) is 19.3 Å². The molecular weight excluding hydrogens is 587 g/mol. The molecule has 12 heteroatoms. The third-order valence-corrected chi connectivity index (χ3v) is 11.3. The van der Waals surface area contributed by atoms with Gasteiger partial charge in [0, 0.05) is 24.9 Å². The zero-order valence-corrected chi connectivity index (χ0v) is 28.1. The Morgan fingerprint density at radius 3 is 2.23 bits per heavy atom. The van der Waals surface area contributed by atoms with Gasteiger partial charge in [0.2, 0.25) is 11.8 Å². The summed E-state index contributed by atoms with van der Waals surface area (Å²) in [5, 5.41) is 20.3. The summed E-state index contributed by atoms with van der Waals surface area (Å²) in [5.74, 6) is 0.235. The van der Waals surface area contributed by atoms with Gasteiger partial charge in [-0.05, 0) is 83.5 Å². The lowest BCUT2D eigenvalue weighted by Gasteiger charge is -2.47. The number of nitrogens with zero attached hydrogens (tertiary/aromatic N) is 1. The molecule has 1 saturated heterocycles. The normalized spacial score (nSPS) is 23.7. The Balaban J connectivity index is 1.90. The quantitative estimate of drug-likeness (QED) is 0.229. The van der Waals surface area contributed by atoms with Crippen molar-refractivity contribution in [2.45, 2.75) is 108 Å². The molecule has 2 amide bonds. The molecule has 1 aliphatic carbocycles. The molecule has 6 N–H and O–H groups in total. The Bertz CT molecular complexity index is 1230. The van der Waals surface area contributed by atoms with Gasteiger partial charge in [-0.1, -0.05) is 49.6 Å². The number of carbonyl (C=O) groups excluding carboxylic acids is 2. The molecule has 1 aromatic carbocycles. The summed E-state index contributed by atoms with van der Waals surface area (Å²) < 4.78 is 23.8. The summed E-state index contributed by atoms with van der Waals surface area (Å²) in [6.45, 7) is 9.61. The predicted molar refractivity (Wildman–Crippen MR) is 174 cm³/mol. The van der Waals surface area contributed by atoms with Crippen LogP contribution in [0.4, 0.5) is 0 Å². The molecule has 1 heterocycles. The molecule has 242 valence electrons. The van der Waals surface area contributed by atoms with Crippen molar-refractivity contribution in [1.82, 2.24) is 20.9 Å². The van der Waals surface area contributed by atoms with Crippen molar-refractivity contribution in [3.63, 3.8) is 0 Å². The second-order valence-electron chi connectivity index (χ2n) is 13.9. The Kier molecular flexibility index (Phi) is 11.6. The largest absolute Gasteiger partial charge is 0.390 e. The van der Waals surface area contributed by atoms with Crippen LogP contribution in [0.5, 0.6) is 0 Å². The average Bonchev–Trinajstić information content (AvgIpc) is 2.89. The van der Waals surface area contributed by atoms with Crippen LogP contribution in [0.25, 0.3) is 0 Å². The molecule has 1 aliphatic heterocycles. The molecule has 2 fully saturated rings. The minimum atomic E-state index is -3.73. The number of piperidine rings is 1. The van der Waals surface area contributed by atoms with E-state index in [-0.39, 0.29) is 17.6 Å². The van der Waals surface area contributed by atoms with Crippen LogP contribution in [0.2, 0.25) is 0 Å². The van der Waals surface area contributed by atoms with Crippen molar-refractivity contribution < 1.29 is 23.1 Å². The Morgan fingerprint density at radius 1 is 1.07 bits per heavy atom. The molecule has 1 aromatic rings. The third kappa shape index (κ3) is 9.60. The lowest BCUT2D eigenvalue weighted by molar-refractivity contribution is -0.133. The van der Waals surface area contributed by atoms with Gasteiger partial charge in [0.25, 0.3) is 0 Å². The van der Waals surface area contributed by atoms with Crippen molar-refractivity contribution in [3.05, 3.63) is 35.9 Å². The highest BCUT2D eigenvalue weighted by molar-refractivity contribution is 7.92. The maximum atomic E-state index is 13.7.